The minimum absolute atomic E-state index is 0.584. The van der Waals surface area contributed by atoms with E-state index in [1.54, 1.807) is 12.1 Å². The van der Waals surface area contributed by atoms with Crippen LogP contribution in [-0.2, 0) is 5.11 Å². The van der Waals surface area contributed by atoms with E-state index in [2.05, 4.69) is 6.92 Å². The molecule has 1 rings (SSSR count). The Hall–Kier alpha value is -0.530. The Bertz CT molecular complexity index is 281. The van der Waals surface area contributed by atoms with Gasteiger partial charge in [0.05, 0.1) is 0 Å². The van der Waals surface area contributed by atoms with Gasteiger partial charge in [-0.25, -0.2) is 5.11 Å². The molecule has 1 atom stereocenters. The average Bonchev–Trinajstić information content (AvgIpc) is 2.29. The predicted molar refractivity (Wildman–Crippen MR) is 68.3 cm³/mol. The molecule has 0 saturated carbocycles. The molecule has 2 heteroatoms. The minimum atomic E-state index is -0.584. The molecule has 0 fully saturated rings. The lowest BCUT2D eigenvalue weighted by molar-refractivity contribution is 0.0786. The molecule has 0 spiro atoms. The summed E-state index contributed by atoms with van der Waals surface area (Å²) in [7, 11) is 0. The Morgan fingerprint density at radius 2 is 1.69 bits per heavy atom. The van der Waals surface area contributed by atoms with Crippen molar-refractivity contribution in [2.45, 2.75) is 51.6 Å². The summed E-state index contributed by atoms with van der Waals surface area (Å²) in [6, 6.07) is 7.26. The topological polar surface area (TPSA) is 19.9 Å². The molecule has 16 heavy (non-hydrogen) atoms. The molecular formula is C14H20ClO. The molecule has 0 heterocycles. The van der Waals surface area contributed by atoms with Crippen LogP contribution in [0.2, 0.25) is 5.02 Å². The Morgan fingerprint density at radius 3 is 2.31 bits per heavy atom. The van der Waals surface area contributed by atoms with Gasteiger partial charge in [-0.2, -0.15) is 0 Å². The molecule has 1 aromatic rings. The van der Waals surface area contributed by atoms with Crippen molar-refractivity contribution in [3.05, 3.63) is 34.9 Å². The first kappa shape index (κ1) is 13.5. The first-order valence-electron chi connectivity index (χ1n) is 6.15. The van der Waals surface area contributed by atoms with Crippen LogP contribution >= 0.6 is 11.6 Å². The van der Waals surface area contributed by atoms with Crippen molar-refractivity contribution in [1.29, 1.82) is 0 Å². The largest absolute Gasteiger partial charge is 0.228 e. The van der Waals surface area contributed by atoms with Gasteiger partial charge < -0.3 is 0 Å². The molecule has 0 aliphatic heterocycles. The molecule has 0 aliphatic carbocycles. The van der Waals surface area contributed by atoms with Crippen LogP contribution in [-0.4, -0.2) is 0 Å². The molecule has 1 radical (unpaired) electrons. The van der Waals surface area contributed by atoms with E-state index >= 15 is 0 Å². The summed E-state index contributed by atoms with van der Waals surface area (Å²) in [5.74, 6) is 0. The highest BCUT2D eigenvalue weighted by Crippen LogP contribution is 2.22. The van der Waals surface area contributed by atoms with Crippen LogP contribution in [0.3, 0.4) is 0 Å². The zero-order valence-corrected chi connectivity index (χ0v) is 10.7. The van der Waals surface area contributed by atoms with Crippen LogP contribution in [0, 0.1) is 0 Å². The monoisotopic (exact) mass is 239 g/mol. The van der Waals surface area contributed by atoms with Gasteiger partial charge in [0.15, 0.2) is 0 Å². The van der Waals surface area contributed by atoms with Crippen molar-refractivity contribution < 1.29 is 5.11 Å². The van der Waals surface area contributed by atoms with E-state index < -0.39 is 6.10 Å². The molecule has 0 aliphatic rings. The van der Waals surface area contributed by atoms with E-state index in [1.807, 2.05) is 12.1 Å². The van der Waals surface area contributed by atoms with Crippen molar-refractivity contribution in [2.24, 2.45) is 0 Å². The highest BCUT2D eigenvalue weighted by molar-refractivity contribution is 6.30. The normalized spacial score (nSPS) is 12.7. The van der Waals surface area contributed by atoms with Crippen molar-refractivity contribution in [3.8, 4) is 0 Å². The van der Waals surface area contributed by atoms with Gasteiger partial charge in [0.2, 0.25) is 0 Å². The summed E-state index contributed by atoms with van der Waals surface area (Å²) in [6.45, 7) is 2.20. The smallest absolute Gasteiger partial charge is 0.118 e. The quantitative estimate of drug-likeness (QED) is 0.585. The fourth-order valence-corrected chi connectivity index (χ4v) is 1.90. The van der Waals surface area contributed by atoms with Crippen molar-refractivity contribution in [1.82, 2.24) is 0 Å². The van der Waals surface area contributed by atoms with Gasteiger partial charge in [0.25, 0.3) is 0 Å². The molecule has 0 N–H and O–H groups in total. The van der Waals surface area contributed by atoms with Crippen LogP contribution in [0.25, 0.3) is 0 Å². The van der Waals surface area contributed by atoms with Gasteiger partial charge in [0.1, 0.15) is 6.10 Å². The van der Waals surface area contributed by atoms with E-state index in [4.69, 9.17) is 11.6 Å². The van der Waals surface area contributed by atoms with Crippen LogP contribution in [0.15, 0.2) is 24.3 Å². The van der Waals surface area contributed by atoms with E-state index in [9.17, 15) is 5.11 Å². The van der Waals surface area contributed by atoms with Gasteiger partial charge in [0, 0.05) is 5.02 Å². The maximum absolute atomic E-state index is 11.8. The third-order valence-corrected chi connectivity index (χ3v) is 3.06. The fourth-order valence-electron chi connectivity index (χ4n) is 1.78. The summed E-state index contributed by atoms with van der Waals surface area (Å²) in [6.07, 6.45) is 6.16. The lowest BCUT2D eigenvalue weighted by Crippen LogP contribution is -1.95. The van der Waals surface area contributed by atoms with E-state index in [0.717, 1.165) is 18.4 Å². The number of hydrogen-bond acceptors (Lipinski definition) is 0. The standard InChI is InChI=1S/C14H20ClO/c1-2-3-4-5-6-7-14(16)12-8-10-13(15)11-9-12/h8-11,14H,2-7H2,1H3. The Morgan fingerprint density at radius 1 is 1.06 bits per heavy atom. The Balaban J connectivity index is 2.24. The maximum atomic E-state index is 11.8. The Labute approximate surface area is 103 Å². The first-order valence-corrected chi connectivity index (χ1v) is 6.53. The zero-order valence-electron chi connectivity index (χ0n) is 9.92. The lowest BCUT2D eigenvalue weighted by atomic mass is 10.0. The Kier molecular flexibility index (Phi) is 6.51. The molecule has 89 valence electrons. The number of rotatable bonds is 7. The van der Waals surface area contributed by atoms with Gasteiger partial charge >= 0.3 is 0 Å². The van der Waals surface area contributed by atoms with Crippen LogP contribution < -0.4 is 0 Å². The van der Waals surface area contributed by atoms with Gasteiger partial charge in [-0.05, 0) is 24.1 Å². The molecule has 1 aromatic carbocycles. The number of hydrogen-bond donors (Lipinski definition) is 0. The molecule has 0 saturated heterocycles. The number of benzene rings is 1. The number of halogens is 1. The lowest BCUT2D eigenvalue weighted by Gasteiger charge is -2.08. The summed E-state index contributed by atoms with van der Waals surface area (Å²) >= 11 is 5.78. The second-order valence-electron chi connectivity index (χ2n) is 4.24. The van der Waals surface area contributed by atoms with Gasteiger partial charge in [-0.3, -0.25) is 0 Å². The van der Waals surface area contributed by atoms with Gasteiger partial charge in [-0.1, -0.05) is 62.8 Å². The zero-order chi connectivity index (χ0) is 11.8. The summed E-state index contributed by atoms with van der Waals surface area (Å²) in [4.78, 5) is 0. The van der Waals surface area contributed by atoms with E-state index in [0.29, 0.717) is 5.02 Å². The minimum Gasteiger partial charge on any atom is -0.228 e. The highest BCUT2D eigenvalue weighted by atomic mass is 35.5. The molecule has 0 bridgehead atoms. The number of unbranched alkanes of at least 4 members (excludes halogenated alkanes) is 4. The molecular weight excluding hydrogens is 220 g/mol. The van der Waals surface area contributed by atoms with Crippen LogP contribution in [0.4, 0.5) is 0 Å². The molecule has 1 unspecified atom stereocenters. The first-order chi connectivity index (χ1) is 7.74. The van der Waals surface area contributed by atoms with Crippen LogP contribution in [0.1, 0.15) is 57.1 Å². The van der Waals surface area contributed by atoms with Gasteiger partial charge in [-0.15, -0.1) is 0 Å². The molecule has 0 amide bonds. The fraction of sp³-hybridized carbons (Fsp3) is 0.571. The summed E-state index contributed by atoms with van der Waals surface area (Å²) in [5, 5.41) is 12.5. The summed E-state index contributed by atoms with van der Waals surface area (Å²) < 4.78 is 0. The molecule has 0 aromatic heterocycles. The van der Waals surface area contributed by atoms with Crippen molar-refractivity contribution >= 4 is 11.6 Å². The maximum Gasteiger partial charge on any atom is 0.118 e. The highest BCUT2D eigenvalue weighted by Gasteiger charge is 2.08. The summed E-state index contributed by atoms with van der Waals surface area (Å²) in [5.41, 5.74) is 0.861. The second-order valence-corrected chi connectivity index (χ2v) is 4.68. The molecule has 1 nitrogen and oxygen atoms in total. The average molecular weight is 240 g/mol. The third kappa shape index (κ3) is 5.00. The predicted octanol–water partition coefficient (Wildman–Crippen LogP) is 5.17. The van der Waals surface area contributed by atoms with Crippen molar-refractivity contribution in [3.63, 3.8) is 0 Å². The van der Waals surface area contributed by atoms with Crippen molar-refractivity contribution in [2.75, 3.05) is 0 Å². The van der Waals surface area contributed by atoms with E-state index in [1.165, 1.54) is 25.7 Å². The third-order valence-electron chi connectivity index (χ3n) is 2.81. The van der Waals surface area contributed by atoms with E-state index in [-0.39, 0.29) is 0 Å². The second kappa shape index (κ2) is 7.70. The SMILES string of the molecule is CCCCCCCC([O])c1ccc(Cl)cc1. The van der Waals surface area contributed by atoms with Crippen LogP contribution in [0.5, 0.6) is 0 Å².